The summed E-state index contributed by atoms with van der Waals surface area (Å²) in [6, 6.07) is 15.9. The number of rotatable bonds is 6. The topological polar surface area (TPSA) is 70.7 Å². The number of nitrogens with zero attached hydrogens (tertiary/aromatic N) is 4. The van der Waals surface area contributed by atoms with Crippen LogP contribution in [0.15, 0.2) is 54.7 Å². The minimum absolute atomic E-state index is 0.154. The molecule has 0 fully saturated rings. The molecule has 3 heterocycles. The van der Waals surface area contributed by atoms with E-state index in [0.717, 1.165) is 44.9 Å². The van der Waals surface area contributed by atoms with Crippen LogP contribution in [0.3, 0.4) is 0 Å². The fourth-order valence-electron chi connectivity index (χ4n) is 4.26. The van der Waals surface area contributed by atoms with Crippen molar-refractivity contribution >= 4 is 33.7 Å². The maximum absolute atomic E-state index is 12.6. The van der Waals surface area contributed by atoms with Gasteiger partial charge in [0.05, 0.1) is 30.6 Å². The molecule has 0 aliphatic heterocycles. The number of ether oxygens (including phenoxy) is 2. The number of fused-ring (bicyclic) bond motifs is 5. The molecule has 0 aliphatic carbocycles. The van der Waals surface area contributed by atoms with Crippen molar-refractivity contribution in [3.05, 3.63) is 66.1 Å². The summed E-state index contributed by atoms with van der Waals surface area (Å²) in [6.45, 7) is 8.40. The molecule has 3 aromatic heterocycles. The normalized spacial score (nSPS) is 11.9. The molecule has 0 aliphatic rings. The van der Waals surface area contributed by atoms with Gasteiger partial charge < -0.3 is 14.0 Å². The molecule has 7 nitrogen and oxygen atoms in total. The molecule has 5 rings (SSSR count). The third-order valence-corrected chi connectivity index (χ3v) is 5.98. The Morgan fingerprint density at radius 3 is 2.41 bits per heavy atom. The van der Waals surface area contributed by atoms with Gasteiger partial charge in [-0.1, -0.05) is 58.0 Å². The number of benzene rings is 2. The van der Waals surface area contributed by atoms with E-state index in [2.05, 4.69) is 18.2 Å². The number of esters is 1. The third-order valence-electron chi connectivity index (χ3n) is 5.98. The first-order valence-corrected chi connectivity index (χ1v) is 11.5. The van der Waals surface area contributed by atoms with Crippen molar-refractivity contribution in [3.63, 3.8) is 0 Å². The van der Waals surface area contributed by atoms with Crippen LogP contribution < -0.4 is 9.47 Å². The number of imidazole rings is 1. The maximum Gasteiger partial charge on any atom is 0.313 e. The summed E-state index contributed by atoms with van der Waals surface area (Å²) in [5.41, 5.74) is 4.32. The number of carbonyl (C=O) groups excluding carboxylic acids is 1. The maximum atomic E-state index is 12.6. The molecule has 0 bridgehead atoms. The van der Waals surface area contributed by atoms with Crippen LogP contribution in [-0.2, 0) is 11.3 Å². The highest BCUT2D eigenvalue weighted by Gasteiger charge is 2.24. The van der Waals surface area contributed by atoms with Gasteiger partial charge in [-0.2, -0.15) is 0 Å². The van der Waals surface area contributed by atoms with Gasteiger partial charge in [0, 0.05) is 17.7 Å². The minimum atomic E-state index is -0.293. The monoisotopic (exact) mass is 456 g/mol. The van der Waals surface area contributed by atoms with Crippen molar-refractivity contribution in [1.29, 1.82) is 0 Å². The third kappa shape index (κ3) is 3.57. The van der Waals surface area contributed by atoms with Gasteiger partial charge in [-0.15, -0.1) is 0 Å². The molecule has 0 saturated carbocycles. The molecular formula is C27H28N4O3. The van der Waals surface area contributed by atoms with Crippen LogP contribution in [-0.4, -0.2) is 32.0 Å². The van der Waals surface area contributed by atoms with Gasteiger partial charge in [-0.05, 0) is 18.2 Å². The highest BCUT2D eigenvalue weighted by molar-refractivity contribution is 6.01. The van der Waals surface area contributed by atoms with Crippen LogP contribution >= 0.6 is 0 Å². The van der Waals surface area contributed by atoms with Crippen molar-refractivity contribution in [2.75, 3.05) is 7.11 Å². The van der Waals surface area contributed by atoms with E-state index in [1.54, 1.807) is 7.11 Å². The zero-order valence-electron chi connectivity index (χ0n) is 20.1. The zero-order chi connectivity index (χ0) is 24.0. The smallest absolute Gasteiger partial charge is 0.313 e. The Kier molecular flexibility index (Phi) is 5.48. The number of hydrogen-bond donors (Lipinski definition) is 0. The fraction of sp³-hybridized carbons (Fsp3) is 0.296. The van der Waals surface area contributed by atoms with Crippen molar-refractivity contribution in [2.45, 2.75) is 40.2 Å². The summed E-state index contributed by atoms with van der Waals surface area (Å²) < 4.78 is 15.6. The molecule has 0 saturated heterocycles. The number of methoxy groups -OCH3 is 1. The van der Waals surface area contributed by atoms with E-state index in [1.165, 1.54) is 0 Å². The summed E-state index contributed by atoms with van der Waals surface area (Å²) in [5, 5.41) is 0.726. The summed E-state index contributed by atoms with van der Waals surface area (Å²) in [4.78, 5) is 22.7. The zero-order valence-corrected chi connectivity index (χ0v) is 20.1. The van der Waals surface area contributed by atoms with Gasteiger partial charge in [0.2, 0.25) is 0 Å². The van der Waals surface area contributed by atoms with Crippen LogP contribution in [0.25, 0.3) is 27.7 Å². The quantitative estimate of drug-likeness (QED) is 0.312. The first-order valence-electron chi connectivity index (χ1n) is 11.5. The van der Waals surface area contributed by atoms with Gasteiger partial charge in [-0.25, -0.2) is 9.97 Å². The molecule has 0 unspecified atom stereocenters. The summed E-state index contributed by atoms with van der Waals surface area (Å²) in [7, 11) is 1.66. The molecule has 0 N–H and O–H groups in total. The predicted octanol–water partition coefficient (Wildman–Crippen LogP) is 5.58. The molecule has 2 aromatic carbocycles. The Balaban J connectivity index is 1.83. The number of hydrogen-bond acceptors (Lipinski definition) is 5. The first-order chi connectivity index (χ1) is 16.4. The highest BCUT2D eigenvalue weighted by atomic mass is 16.5. The van der Waals surface area contributed by atoms with E-state index in [-0.39, 0.29) is 17.8 Å². The van der Waals surface area contributed by atoms with Crippen molar-refractivity contribution in [2.24, 2.45) is 5.92 Å². The second-order valence-electron chi connectivity index (χ2n) is 9.09. The van der Waals surface area contributed by atoms with E-state index in [4.69, 9.17) is 19.4 Å². The van der Waals surface area contributed by atoms with Crippen molar-refractivity contribution in [1.82, 2.24) is 18.9 Å². The lowest BCUT2D eigenvalue weighted by atomic mass is 10.2. The average Bonchev–Trinajstić information content (AvgIpc) is 3.37. The standard InChI is InChI=1S/C27H28N4O3/c1-16(2)24-29-25-23(26-28-19-11-7-8-12-20(19)31(24)26)22(34-27(32)17(3)4)15-30(25)14-18-10-6-9-13-21(18)33-5/h6-13,15-17H,14H2,1-5H3. The van der Waals surface area contributed by atoms with Gasteiger partial charge in [0.15, 0.2) is 11.4 Å². The number of para-hydroxylation sites is 3. The van der Waals surface area contributed by atoms with E-state index >= 15 is 0 Å². The Labute approximate surface area is 198 Å². The van der Waals surface area contributed by atoms with Gasteiger partial charge >= 0.3 is 5.97 Å². The molecule has 34 heavy (non-hydrogen) atoms. The lowest BCUT2D eigenvalue weighted by Gasteiger charge is -2.13. The Hall–Kier alpha value is -3.87. The van der Waals surface area contributed by atoms with Gasteiger partial charge in [-0.3, -0.25) is 9.20 Å². The van der Waals surface area contributed by atoms with E-state index in [1.807, 2.05) is 73.1 Å². The van der Waals surface area contributed by atoms with Crippen molar-refractivity contribution in [3.8, 4) is 11.5 Å². The highest BCUT2D eigenvalue weighted by Crippen LogP contribution is 2.36. The largest absolute Gasteiger partial charge is 0.496 e. The Bertz CT molecular complexity index is 1530. The summed E-state index contributed by atoms with van der Waals surface area (Å²) in [5.74, 6) is 1.76. The lowest BCUT2D eigenvalue weighted by molar-refractivity contribution is -0.137. The molecule has 0 radical (unpaired) electrons. The minimum Gasteiger partial charge on any atom is -0.496 e. The Morgan fingerprint density at radius 1 is 0.941 bits per heavy atom. The molecule has 7 heteroatoms. The molecule has 5 aromatic rings. The van der Waals surface area contributed by atoms with Crippen LogP contribution in [0.2, 0.25) is 0 Å². The lowest BCUT2D eigenvalue weighted by Crippen LogP contribution is -2.14. The van der Waals surface area contributed by atoms with E-state index in [9.17, 15) is 4.79 Å². The van der Waals surface area contributed by atoms with Gasteiger partial charge in [0.25, 0.3) is 0 Å². The SMILES string of the molecule is COc1ccccc1Cn1cc(OC(=O)C(C)C)c2c1nc(C(C)C)n1c3ccccc3nc21. The van der Waals surface area contributed by atoms with Crippen LogP contribution in [0.5, 0.6) is 11.5 Å². The van der Waals surface area contributed by atoms with Crippen LogP contribution in [0.1, 0.15) is 45.0 Å². The Morgan fingerprint density at radius 2 is 1.68 bits per heavy atom. The molecular weight excluding hydrogens is 428 g/mol. The second-order valence-corrected chi connectivity index (χ2v) is 9.09. The second kappa shape index (κ2) is 8.48. The number of aromatic nitrogens is 4. The predicted molar refractivity (Wildman–Crippen MR) is 133 cm³/mol. The molecule has 0 atom stereocenters. The van der Waals surface area contributed by atoms with E-state index < -0.39 is 0 Å². The van der Waals surface area contributed by atoms with Gasteiger partial charge in [0.1, 0.15) is 22.6 Å². The molecule has 174 valence electrons. The van der Waals surface area contributed by atoms with Crippen LogP contribution in [0.4, 0.5) is 0 Å². The first kappa shape index (κ1) is 21.9. The summed E-state index contributed by atoms with van der Waals surface area (Å²) in [6.07, 6.45) is 1.86. The number of carbonyl (C=O) groups is 1. The van der Waals surface area contributed by atoms with Crippen LogP contribution in [0, 0.1) is 5.92 Å². The summed E-state index contributed by atoms with van der Waals surface area (Å²) >= 11 is 0. The van der Waals surface area contributed by atoms with Crippen molar-refractivity contribution < 1.29 is 14.3 Å². The average molecular weight is 457 g/mol. The fourth-order valence-corrected chi connectivity index (χ4v) is 4.26. The molecule has 0 amide bonds. The van der Waals surface area contributed by atoms with E-state index in [0.29, 0.717) is 12.3 Å². The molecule has 0 spiro atoms.